The van der Waals surface area contributed by atoms with E-state index in [1.165, 1.54) is 16.7 Å². The highest BCUT2D eigenvalue weighted by atomic mass is 16.3. The zero-order valence-electron chi connectivity index (χ0n) is 15.2. The monoisotopic (exact) mass is 357 g/mol. The minimum Gasteiger partial charge on any atom is -0.384 e. The van der Waals surface area contributed by atoms with E-state index in [1.54, 1.807) is 0 Å². The SMILES string of the molecule is O[C@H]1c2ccccc2[C@@H](O)c2c1ccc1c2CN(Cc2ccccc2)CC1. The van der Waals surface area contributed by atoms with Gasteiger partial charge in [0.1, 0.15) is 12.2 Å². The Bertz CT molecular complexity index is 983. The van der Waals surface area contributed by atoms with Crippen molar-refractivity contribution in [2.24, 2.45) is 0 Å². The summed E-state index contributed by atoms with van der Waals surface area (Å²) in [6.45, 7) is 2.72. The predicted octanol–water partition coefficient (Wildman–Crippen LogP) is 3.72. The molecule has 3 heteroatoms. The van der Waals surface area contributed by atoms with Crippen molar-refractivity contribution in [3.8, 4) is 0 Å². The number of fused-ring (bicyclic) bond motifs is 4. The molecular formula is C24H23NO2. The number of benzene rings is 3. The summed E-state index contributed by atoms with van der Waals surface area (Å²) in [5.41, 5.74) is 7.19. The van der Waals surface area contributed by atoms with E-state index in [2.05, 4.69) is 35.2 Å². The van der Waals surface area contributed by atoms with Crippen LogP contribution in [0.15, 0.2) is 66.7 Å². The number of nitrogens with zero attached hydrogens (tertiary/aromatic N) is 1. The molecule has 2 atom stereocenters. The normalized spacial score (nSPS) is 21.3. The molecule has 3 aromatic rings. The Hall–Kier alpha value is -2.46. The van der Waals surface area contributed by atoms with Gasteiger partial charge in [0.15, 0.2) is 0 Å². The molecule has 0 saturated carbocycles. The van der Waals surface area contributed by atoms with Crippen LogP contribution in [0.1, 0.15) is 51.2 Å². The molecule has 1 heterocycles. The van der Waals surface area contributed by atoms with Crippen molar-refractivity contribution in [3.63, 3.8) is 0 Å². The molecule has 1 aliphatic carbocycles. The van der Waals surface area contributed by atoms with Gasteiger partial charge in [-0.3, -0.25) is 4.90 Å². The van der Waals surface area contributed by atoms with Crippen molar-refractivity contribution in [1.29, 1.82) is 0 Å². The first kappa shape index (κ1) is 16.7. The first-order valence-corrected chi connectivity index (χ1v) is 9.58. The molecule has 0 aromatic heterocycles. The van der Waals surface area contributed by atoms with Crippen molar-refractivity contribution < 1.29 is 10.2 Å². The number of aliphatic hydroxyl groups is 2. The molecule has 0 unspecified atom stereocenters. The van der Waals surface area contributed by atoms with Crippen LogP contribution in [0.2, 0.25) is 0 Å². The highest BCUT2D eigenvalue weighted by molar-refractivity contribution is 5.55. The van der Waals surface area contributed by atoms with Crippen LogP contribution in [-0.4, -0.2) is 21.7 Å². The lowest BCUT2D eigenvalue weighted by molar-refractivity contribution is 0.168. The summed E-state index contributed by atoms with van der Waals surface area (Å²) >= 11 is 0. The summed E-state index contributed by atoms with van der Waals surface area (Å²) in [5.74, 6) is 0. The third kappa shape index (κ3) is 2.79. The van der Waals surface area contributed by atoms with Crippen LogP contribution in [-0.2, 0) is 19.5 Å². The van der Waals surface area contributed by atoms with Gasteiger partial charge in [0, 0.05) is 19.6 Å². The molecule has 3 aromatic carbocycles. The second kappa shape index (κ2) is 6.61. The van der Waals surface area contributed by atoms with Crippen LogP contribution >= 0.6 is 0 Å². The lowest BCUT2D eigenvalue weighted by Gasteiger charge is -2.36. The van der Waals surface area contributed by atoms with Crippen LogP contribution in [0.5, 0.6) is 0 Å². The molecule has 0 amide bonds. The van der Waals surface area contributed by atoms with Crippen LogP contribution in [0.3, 0.4) is 0 Å². The maximum atomic E-state index is 11.1. The standard InChI is InChI=1S/C24H23NO2/c26-23-18-8-4-5-9-19(18)24(27)22-20(23)11-10-17-12-13-25(15-21(17)22)14-16-6-2-1-3-7-16/h1-11,23-24,26-27H,12-15H2/t23-,24+/m0/s1. The Kier molecular flexibility index (Phi) is 4.09. The average Bonchev–Trinajstić information content (AvgIpc) is 2.72. The first-order chi connectivity index (χ1) is 13.2. The van der Waals surface area contributed by atoms with E-state index in [-0.39, 0.29) is 0 Å². The molecule has 0 saturated heterocycles. The molecule has 2 aliphatic rings. The van der Waals surface area contributed by atoms with E-state index in [4.69, 9.17) is 0 Å². The second-order valence-corrected chi connectivity index (χ2v) is 7.59. The van der Waals surface area contributed by atoms with Crippen molar-refractivity contribution in [3.05, 3.63) is 106 Å². The Labute approximate surface area is 159 Å². The molecule has 0 spiro atoms. The summed E-state index contributed by atoms with van der Waals surface area (Å²) in [6.07, 6.45) is -0.375. The van der Waals surface area contributed by atoms with Gasteiger partial charge in [-0.2, -0.15) is 0 Å². The fraction of sp³-hybridized carbons (Fsp3) is 0.250. The Morgan fingerprint density at radius 3 is 2.26 bits per heavy atom. The molecule has 2 N–H and O–H groups in total. The fourth-order valence-electron chi connectivity index (χ4n) is 4.60. The number of aliphatic hydroxyl groups excluding tert-OH is 2. The molecular weight excluding hydrogens is 334 g/mol. The van der Waals surface area contributed by atoms with E-state index in [0.717, 1.165) is 48.3 Å². The largest absolute Gasteiger partial charge is 0.384 e. The van der Waals surface area contributed by atoms with Crippen molar-refractivity contribution in [2.45, 2.75) is 31.7 Å². The molecule has 5 rings (SSSR count). The van der Waals surface area contributed by atoms with Gasteiger partial charge in [-0.25, -0.2) is 0 Å². The number of hydrogen-bond acceptors (Lipinski definition) is 3. The van der Waals surface area contributed by atoms with Gasteiger partial charge in [0.2, 0.25) is 0 Å². The van der Waals surface area contributed by atoms with Gasteiger partial charge >= 0.3 is 0 Å². The quantitative estimate of drug-likeness (QED) is 0.735. The maximum Gasteiger partial charge on any atom is 0.105 e. The van der Waals surface area contributed by atoms with Crippen molar-refractivity contribution in [1.82, 2.24) is 4.90 Å². The zero-order chi connectivity index (χ0) is 18.4. The highest BCUT2D eigenvalue weighted by Gasteiger charge is 2.34. The van der Waals surface area contributed by atoms with Crippen LogP contribution in [0, 0.1) is 0 Å². The van der Waals surface area contributed by atoms with Crippen molar-refractivity contribution in [2.75, 3.05) is 6.54 Å². The van der Waals surface area contributed by atoms with E-state index in [9.17, 15) is 10.2 Å². The van der Waals surface area contributed by atoms with E-state index in [0.29, 0.717) is 0 Å². The summed E-state index contributed by atoms with van der Waals surface area (Å²) in [7, 11) is 0. The third-order valence-corrected chi connectivity index (χ3v) is 5.97. The Balaban J connectivity index is 1.53. The average molecular weight is 357 g/mol. The van der Waals surface area contributed by atoms with Crippen LogP contribution in [0.4, 0.5) is 0 Å². The number of hydrogen-bond donors (Lipinski definition) is 2. The Morgan fingerprint density at radius 2 is 1.48 bits per heavy atom. The molecule has 0 radical (unpaired) electrons. The molecule has 27 heavy (non-hydrogen) atoms. The smallest absolute Gasteiger partial charge is 0.105 e. The minimum absolute atomic E-state index is 0.672. The summed E-state index contributed by atoms with van der Waals surface area (Å²) in [5, 5.41) is 22.0. The summed E-state index contributed by atoms with van der Waals surface area (Å²) < 4.78 is 0. The van der Waals surface area contributed by atoms with Crippen LogP contribution < -0.4 is 0 Å². The van der Waals surface area contributed by atoms with Gasteiger partial charge in [0.05, 0.1) is 0 Å². The fourth-order valence-corrected chi connectivity index (χ4v) is 4.60. The second-order valence-electron chi connectivity index (χ2n) is 7.59. The third-order valence-electron chi connectivity index (χ3n) is 5.97. The van der Waals surface area contributed by atoms with Crippen LogP contribution in [0.25, 0.3) is 0 Å². The topological polar surface area (TPSA) is 43.7 Å². The lowest BCUT2D eigenvalue weighted by atomic mass is 9.77. The molecule has 0 bridgehead atoms. The van der Waals surface area contributed by atoms with Crippen molar-refractivity contribution >= 4 is 0 Å². The summed E-state index contributed by atoms with van der Waals surface area (Å²) in [4.78, 5) is 2.43. The van der Waals surface area contributed by atoms with Gasteiger partial charge in [-0.05, 0) is 45.4 Å². The van der Waals surface area contributed by atoms with E-state index in [1.807, 2.05) is 36.4 Å². The summed E-state index contributed by atoms with van der Waals surface area (Å²) in [6, 6.07) is 22.3. The van der Waals surface area contributed by atoms with Gasteiger partial charge in [-0.15, -0.1) is 0 Å². The molecule has 136 valence electrons. The molecule has 1 aliphatic heterocycles. The highest BCUT2D eigenvalue weighted by Crippen LogP contribution is 2.44. The minimum atomic E-state index is -0.675. The van der Waals surface area contributed by atoms with Gasteiger partial charge in [-0.1, -0.05) is 66.7 Å². The van der Waals surface area contributed by atoms with Gasteiger partial charge in [0.25, 0.3) is 0 Å². The van der Waals surface area contributed by atoms with Gasteiger partial charge < -0.3 is 10.2 Å². The van der Waals surface area contributed by atoms with E-state index < -0.39 is 12.2 Å². The van der Waals surface area contributed by atoms with E-state index >= 15 is 0 Å². The lowest BCUT2D eigenvalue weighted by Crippen LogP contribution is -2.32. The Morgan fingerprint density at radius 1 is 0.778 bits per heavy atom. The maximum absolute atomic E-state index is 11.1. The molecule has 0 fully saturated rings. The molecule has 3 nitrogen and oxygen atoms in total. The number of rotatable bonds is 2. The zero-order valence-corrected chi connectivity index (χ0v) is 15.2. The predicted molar refractivity (Wildman–Crippen MR) is 105 cm³/mol. The first-order valence-electron chi connectivity index (χ1n) is 9.58.